The Hall–Kier alpha value is -2.54. The van der Waals surface area contributed by atoms with Gasteiger partial charge in [0.15, 0.2) is 11.5 Å². The van der Waals surface area contributed by atoms with E-state index in [1.165, 1.54) is 0 Å². The number of carboxylic acids is 1. The number of benzene rings is 1. The molecule has 0 aliphatic carbocycles. The van der Waals surface area contributed by atoms with Crippen LogP contribution in [0.2, 0.25) is 0 Å². The van der Waals surface area contributed by atoms with E-state index >= 15 is 0 Å². The van der Waals surface area contributed by atoms with Gasteiger partial charge in [-0.1, -0.05) is 18.2 Å². The molecule has 7 heteroatoms. The molecular weight excluding hydrogens is 302 g/mol. The van der Waals surface area contributed by atoms with E-state index in [0.717, 1.165) is 5.56 Å². The number of aliphatic carboxylic acids is 1. The van der Waals surface area contributed by atoms with Crippen molar-refractivity contribution in [2.45, 2.75) is 18.8 Å². The van der Waals surface area contributed by atoms with E-state index in [1.807, 2.05) is 6.07 Å². The van der Waals surface area contributed by atoms with Crippen molar-refractivity contribution in [1.82, 2.24) is 5.32 Å². The van der Waals surface area contributed by atoms with Crippen LogP contribution in [0.4, 0.5) is 0 Å². The topological polar surface area (TPSA) is 94.1 Å². The van der Waals surface area contributed by atoms with Crippen LogP contribution in [-0.4, -0.2) is 36.0 Å². The minimum Gasteiger partial charge on any atom is -0.481 e. The van der Waals surface area contributed by atoms with Crippen LogP contribution in [0, 0.1) is 11.8 Å². The largest absolute Gasteiger partial charge is 0.481 e. The number of nitrogens with one attached hydrogen (secondary N) is 1. The molecule has 120 valence electrons. The first kappa shape index (κ1) is 14.1. The molecule has 1 amide bonds. The molecule has 2 bridgehead atoms. The number of carboxylic acid groups (broad SMARTS) is 1. The number of rotatable bonds is 4. The molecule has 0 spiro atoms. The van der Waals surface area contributed by atoms with Gasteiger partial charge in [0.2, 0.25) is 12.7 Å². The van der Waals surface area contributed by atoms with Gasteiger partial charge in [0.1, 0.15) is 5.92 Å². The monoisotopic (exact) mass is 317 g/mol. The predicted octanol–water partition coefficient (Wildman–Crippen LogP) is 0.686. The van der Waals surface area contributed by atoms with Gasteiger partial charge in [-0.05, 0) is 17.7 Å². The Morgan fingerprint density at radius 3 is 2.65 bits per heavy atom. The van der Waals surface area contributed by atoms with Crippen molar-refractivity contribution in [1.29, 1.82) is 0 Å². The quantitative estimate of drug-likeness (QED) is 0.793. The number of amides is 1. The lowest BCUT2D eigenvalue weighted by Crippen LogP contribution is -2.42. The molecule has 4 rings (SSSR count). The molecule has 4 atom stereocenters. The first-order valence-corrected chi connectivity index (χ1v) is 7.36. The van der Waals surface area contributed by atoms with Gasteiger partial charge in [0, 0.05) is 6.54 Å². The summed E-state index contributed by atoms with van der Waals surface area (Å²) in [5, 5.41) is 12.1. The highest BCUT2D eigenvalue weighted by Crippen LogP contribution is 2.39. The summed E-state index contributed by atoms with van der Waals surface area (Å²) in [6, 6.07) is 5.42. The zero-order chi connectivity index (χ0) is 16.0. The minimum absolute atomic E-state index is 0.195. The Balaban J connectivity index is 1.44. The van der Waals surface area contributed by atoms with E-state index in [0.29, 0.717) is 18.0 Å². The molecule has 1 saturated heterocycles. The number of hydrogen-bond donors (Lipinski definition) is 2. The maximum atomic E-state index is 12.4. The van der Waals surface area contributed by atoms with Crippen molar-refractivity contribution in [3.63, 3.8) is 0 Å². The smallest absolute Gasteiger partial charge is 0.310 e. The summed E-state index contributed by atoms with van der Waals surface area (Å²) in [6.07, 6.45) is 2.50. The average Bonchev–Trinajstić information content (AvgIpc) is 3.25. The Labute approximate surface area is 131 Å². The van der Waals surface area contributed by atoms with Crippen LogP contribution in [0.25, 0.3) is 0 Å². The molecule has 1 fully saturated rings. The molecule has 3 heterocycles. The summed E-state index contributed by atoms with van der Waals surface area (Å²) in [4.78, 5) is 23.8. The van der Waals surface area contributed by atoms with Gasteiger partial charge in [-0.2, -0.15) is 0 Å². The summed E-state index contributed by atoms with van der Waals surface area (Å²) < 4.78 is 16.0. The van der Waals surface area contributed by atoms with Gasteiger partial charge in [0.25, 0.3) is 0 Å². The maximum absolute atomic E-state index is 12.4. The number of ether oxygens (including phenoxy) is 3. The Morgan fingerprint density at radius 2 is 1.87 bits per heavy atom. The molecule has 7 nitrogen and oxygen atoms in total. The average molecular weight is 317 g/mol. The van der Waals surface area contributed by atoms with Gasteiger partial charge in [-0.25, -0.2) is 0 Å². The highest BCUT2D eigenvalue weighted by Gasteiger charge is 2.53. The van der Waals surface area contributed by atoms with Gasteiger partial charge in [-0.15, -0.1) is 0 Å². The Bertz CT molecular complexity index is 700. The first-order valence-electron chi connectivity index (χ1n) is 7.36. The number of fused-ring (bicyclic) bond motifs is 3. The lowest BCUT2D eigenvalue weighted by molar-refractivity contribution is -0.146. The minimum atomic E-state index is -1.01. The summed E-state index contributed by atoms with van der Waals surface area (Å²) in [5.41, 5.74) is 0.856. The van der Waals surface area contributed by atoms with E-state index in [-0.39, 0.29) is 12.7 Å². The third-order valence-electron chi connectivity index (χ3n) is 4.39. The highest BCUT2D eigenvalue weighted by atomic mass is 16.7. The van der Waals surface area contributed by atoms with Gasteiger partial charge in [0.05, 0.1) is 18.1 Å². The second-order valence-corrected chi connectivity index (χ2v) is 5.75. The van der Waals surface area contributed by atoms with Gasteiger partial charge < -0.3 is 24.6 Å². The number of hydrogen-bond acceptors (Lipinski definition) is 5. The molecule has 0 saturated carbocycles. The van der Waals surface area contributed by atoms with E-state index in [9.17, 15) is 14.7 Å². The highest BCUT2D eigenvalue weighted by molar-refractivity contribution is 5.87. The van der Waals surface area contributed by atoms with Crippen LogP contribution in [0.1, 0.15) is 5.56 Å². The molecule has 0 unspecified atom stereocenters. The molecule has 23 heavy (non-hydrogen) atoms. The standard InChI is InChI=1S/C16H15NO6/c18-15(13-10-3-4-11(23-10)14(13)16(19)20)17-6-8-1-2-9-12(5-8)22-7-21-9/h1-5,10-11,13-14H,6-7H2,(H,17,18)(H,19,20)/t10-,11+,13-,14+/m1/s1. The first-order chi connectivity index (χ1) is 11.1. The van der Waals surface area contributed by atoms with Crippen LogP contribution in [0.3, 0.4) is 0 Å². The molecule has 1 aromatic rings. The van der Waals surface area contributed by atoms with Crippen molar-refractivity contribution in [3.05, 3.63) is 35.9 Å². The molecule has 3 aliphatic heterocycles. The lowest BCUT2D eigenvalue weighted by Gasteiger charge is -2.21. The molecule has 2 N–H and O–H groups in total. The molecule has 3 aliphatic rings. The van der Waals surface area contributed by atoms with Gasteiger partial charge in [-0.3, -0.25) is 9.59 Å². The Kier molecular flexibility index (Phi) is 3.23. The summed E-state index contributed by atoms with van der Waals surface area (Å²) in [7, 11) is 0. The van der Waals surface area contributed by atoms with Crippen molar-refractivity contribution >= 4 is 11.9 Å². The maximum Gasteiger partial charge on any atom is 0.310 e. The van der Waals surface area contributed by atoms with E-state index < -0.39 is 30.0 Å². The third-order valence-corrected chi connectivity index (χ3v) is 4.39. The second kappa shape index (κ2) is 5.27. The lowest BCUT2D eigenvalue weighted by atomic mass is 9.82. The SMILES string of the molecule is O=C(O)[C@@H]1[C@H](C(=O)NCc2ccc3c(c2)OCO3)[C@H]2C=C[C@@H]1O2. The van der Waals surface area contributed by atoms with E-state index in [4.69, 9.17) is 14.2 Å². The summed E-state index contributed by atoms with van der Waals surface area (Å²) in [6.45, 7) is 0.486. The third kappa shape index (κ3) is 2.33. The summed E-state index contributed by atoms with van der Waals surface area (Å²) in [5.74, 6) is -1.53. The molecule has 1 aromatic carbocycles. The zero-order valence-corrected chi connectivity index (χ0v) is 12.1. The Morgan fingerprint density at radius 1 is 1.13 bits per heavy atom. The van der Waals surface area contributed by atoms with Gasteiger partial charge >= 0.3 is 5.97 Å². The van der Waals surface area contributed by atoms with Crippen molar-refractivity contribution < 1.29 is 28.9 Å². The fourth-order valence-corrected chi connectivity index (χ4v) is 3.27. The van der Waals surface area contributed by atoms with Crippen molar-refractivity contribution in [3.8, 4) is 11.5 Å². The fourth-order valence-electron chi connectivity index (χ4n) is 3.27. The molecule has 0 aromatic heterocycles. The second-order valence-electron chi connectivity index (χ2n) is 5.75. The number of carbonyl (C=O) groups is 2. The van der Waals surface area contributed by atoms with Crippen LogP contribution < -0.4 is 14.8 Å². The molecule has 0 radical (unpaired) electrons. The fraction of sp³-hybridized carbons (Fsp3) is 0.375. The van der Waals surface area contributed by atoms with Crippen LogP contribution >= 0.6 is 0 Å². The van der Waals surface area contributed by atoms with E-state index in [1.54, 1.807) is 24.3 Å². The van der Waals surface area contributed by atoms with Crippen molar-refractivity contribution in [2.75, 3.05) is 6.79 Å². The van der Waals surface area contributed by atoms with Crippen molar-refractivity contribution in [2.24, 2.45) is 11.8 Å². The molecular formula is C16H15NO6. The van der Waals surface area contributed by atoms with Crippen LogP contribution in [-0.2, 0) is 20.9 Å². The van der Waals surface area contributed by atoms with E-state index in [2.05, 4.69) is 5.32 Å². The number of carbonyl (C=O) groups excluding carboxylic acids is 1. The van der Waals surface area contributed by atoms with Crippen LogP contribution in [0.5, 0.6) is 11.5 Å². The normalized spacial score (nSPS) is 29.7. The zero-order valence-electron chi connectivity index (χ0n) is 12.1. The van der Waals surface area contributed by atoms with Crippen LogP contribution in [0.15, 0.2) is 30.4 Å². The predicted molar refractivity (Wildman–Crippen MR) is 76.8 cm³/mol. The summed E-state index contributed by atoms with van der Waals surface area (Å²) >= 11 is 0.